The van der Waals surface area contributed by atoms with E-state index in [1.54, 1.807) is 17.0 Å². The Labute approximate surface area is 197 Å². The molecule has 0 saturated carbocycles. The molecule has 0 atom stereocenters. The van der Waals surface area contributed by atoms with Gasteiger partial charge in [0, 0.05) is 36.6 Å². The molecule has 1 fully saturated rings. The molecular formula is C24H24Cl2N4O2. The first kappa shape index (κ1) is 22.4. The van der Waals surface area contributed by atoms with Gasteiger partial charge in [-0.05, 0) is 49.2 Å². The van der Waals surface area contributed by atoms with E-state index in [0.29, 0.717) is 36.8 Å². The number of pyridine rings is 1. The van der Waals surface area contributed by atoms with Crippen molar-refractivity contribution in [3.05, 3.63) is 69.2 Å². The van der Waals surface area contributed by atoms with Crippen LogP contribution in [0.25, 0.3) is 10.9 Å². The van der Waals surface area contributed by atoms with Crippen LogP contribution in [0.3, 0.4) is 0 Å². The van der Waals surface area contributed by atoms with Crippen molar-refractivity contribution in [3.63, 3.8) is 0 Å². The van der Waals surface area contributed by atoms with E-state index in [1.165, 1.54) is 17.0 Å². The van der Waals surface area contributed by atoms with E-state index in [1.807, 2.05) is 0 Å². The number of carbonyl (C=O) groups excluding carboxylic acids is 2. The number of nitrogens with one attached hydrogen (secondary N) is 1. The molecule has 1 aliphatic heterocycles. The van der Waals surface area contributed by atoms with E-state index in [4.69, 9.17) is 28.2 Å². The molecule has 1 aromatic heterocycles. The Morgan fingerprint density at radius 3 is 2.47 bits per heavy atom. The van der Waals surface area contributed by atoms with Gasteiger partial charge < -0.3 is 15.1 Å². The highest BCUT2D eigenvalue weighted by Gasteiger charge is 2.23. The Morgan fingerprint density at radius 1 is 1.00 bits per heavy atom. The summed E-state index contributed by atoms with van der Waals surface area (Å²) in [5.41, 5.74) is 3.65. The van der Waals surface area contributed by atoms with Crippen LogP contribution in [-0.4, -0.2) is 54.4 Å². The molecule has 2 heterocycles. The number of amides is 2. The maximum atomic E-state index is 12.6. The molecule has 2 aromatic carbocycles. The Kier molecular flexibility index (Phi) is 6.53. The van der Waals surface area contributed by atoms with Crippen LogP contribution >= 0.6 is 23.2 Å². The topological polar surface area (TPSA) is 65.5 Å². The van der Waals surface area contributed by atoms with Crippen LogP contribution in [0.2, 0.25) is 10.0 Å². The van der Waals surface area contributed by atoms with Gasteiger partial charge in [0.1, 0.15) is 5.82 Å². The molecule has 3 aromatic rings. The maximum absolute atomic E-state index is 12.6. The number of benzene rings is 2. The lowest BCUT2D eigenvalue weighted by molar-refractivity contribution is -0.130. The van der Waals surface area contributed by atoms with Crippen LogP contribution in [0.1, 0.15) is 21.5 Å². The van der Waals surface area contributed by atoms with Crippen LogP contribution in [0.4, 0.5) is 5.82 Å². The molecule has 1 N–H and O–H groups in total. The summed E-state index contributed by atoms with van der Waals surface area (Å²) in [7, 11) is 0. The molecule has 1 aliphatic rings. The number of nitrogens with zero attached hydrogens (tertiary/aromatic N) is 3. The maximum Gasteiger partial charge on any atom is 0.253 e. The largest absolute Gasteiger partial charge is 0.353 e. The third kappa shape index (κ3) is 4.66. The minimum absolute atomic E-state index is 0.0791. The molecular weight excluding hydrogens is 447 g/mol. The summed E-state index contributed by atoms with van der Waals surface area (Å²) < 4.78 is 0. The molecule has 32 heavy (non-hydrogen) atoms. The van der Waals surface area contributed by atoms with Crippen LogP contribution in [0, 0.1) is 13.8 Å². The van der Waals surface area contributed by atoms with Crippen molar-refractivity contribution in [2.24, 2.45) is 0 Å². The molecule has 0 radical (unpaired) electrons. The first-order valence-electron chi connectivity index (χ1n) is 10.5. The minimum Gasteiger partial charge on any atom is -0.353 e. The van der Waals surface area contributed by atoms with Gasteiger partial charge in [-0.1, -0.05) is 41.4 Å². The molecule has 0 bridgehead atoms. The van der Waals surface area contributed by atoms with E-state index in [0.717, 1.165) is 16.9 Å². The predicted molar refractivity (Wildman–Crippen MR) is 129 cm³/mol. The zero-order valence-corrected chi connectivity index (χ0v) is 19.5. The van der Waals surface area contributed by atoms with Gasteiger partial charge in [-0.2, -0.15) is 0 Å². The highest BCUT2D eigenvalue weighted by atomic mass is 35.5. The highest BCUT2D eigenvalue weighted by molar-refractivity contribution is 6.36. The Hall–Kier alpha value is -2.83. The number of para-hydroxylation sites is 1. The van der Waals surface area contributed by atoms with Crippen molar-refractivity contribution in [2.45, 2.75) is 13.8 Å². The Morgan fingerprint density at radius 2 is 1.75 bits per heavy atom. The second-order valence-electron chi connectivity index (χ2n) is 7.94. The molecule has 0 aliphatic carbocycles. The zero-order chi connectivity index (χ0) is 22.8. The molecule has 2 amide bonds. The number of halogens is 2. The van der Waals surface area contributed by atoms with Crippen LogP contribution < -0.4 is 10.2 Å². The summed E-state index contributed by atoms with van der Waals surface area (Å²) in [6, 6.07) is 13.0. The lowest BCUT2D eigenvalue weighted by Crippen LogP contribution is -2.51. The van der Waals surface area contributed by atoms with E-state index in [2.05, 4.69) is 48.3 Å². The fourth-order valence-electron chi connectivity index (χ4n) is 3.93. The molecule has 0 unspecified atom stereocenters. The number of rotatable bonds is 4. The van der Waals surface area contributed by atoms with Gasteiger partial charge in [-0.15, -0.1) is 0 Å². The number of piperazine rings is 1. The third-order valence-electron chi connectivity index (χ3n) is 5.77. The van der Waals surface area contributed by atoms with Crippen molar-refractivity contribution in [1.82, 2.24) is 15.2 Å². The number of hydrogen-bond acceptors (Lipinski definition) is 4. The smallest absolute Gasteiger partial charge is 0.253 e. The van der Waals surface area contributed by atoms with E-state index >= 15 is 0 Å². The fraction of sp³-hybridized carbons (Fsp3) is 0.292. The number of anilines is 1. The number of hydrogen-bond donors (Lipinski definition) is 1. The van der Waals surface area contributed by atoms with E-state index in [9.17, 15) is 9.59 Å². The van der Waals surface area contributed by atoms with Gasteiger partial charge in [0.05, 0.1) is 22.6 Å². The molecule has 8 heteroatoms. The third-order valence-corrected chi connectivity index (χ3v) is 6.31. The van der Waals surface area contributed by atoms with Gasteiger partial charge in [-0.25, -0.2) is 4.98 Å². The van der Waals surface area contributed by atoms with Gasteiger partial charge in [0.2, 0.25) is 5.91 Å². The molecule has 6 nitrogen and oxygen atoms in total. The Balaban J connectivity index is 1.35. The summed E-state index contributed by atoms with van der Waals surface area (Å²) in [6.07, 6.45) is 0. The lowest BCUT2D eigenvalue weighted by atomic mass is 10.1. The van der Waals surface area contributed by atoms with Gasteiger partial charge in [-0.3, -0.25) is 9.59 Å². The van der Waals surface area contributed by atoms with E-state index < -0.39 is 5.91 Å². The van der Waals surface area contributed by atoms with E-state index in [-0.39, 0.29) is 17.5 Å². The summed E-state index contributed by atoms with van der Waals surface area (Å²) in [6.45, 7) is 6.61. The average molecular weight is 471 g/mol. The lowest BCUT2D eigenvalue weighted by Gasteiger charge is -2.35. The van der Waals surface area contributed by atoms with Crippen LogP contribution in [0.5, 0.6) is 0 Å². The summed E-state index contributed by atoms with van der Waals surface area (Å²) >= 11 is 11.9. The number of aryl methyl sites for hydroxylation is 2. The fourth-order valence-corrected chi connectivity index (χ4v) is 4.42. The standard InChI is InChI=1S/C24H24Cl2N4O2/c1-15-4-3-5-18-16(2)12-21(28-23(15)18)29-8-10-30(11-9-29)22(31)14-27-24(32)19-7-6-17(25)13-20(19)26/h3-7,12-13H,8-11,14H2,1-2H3,(H,27,32). The molecule has 166 valence electrons. The average Bonchev–Trinajstić information content (AvgIpc) is 2.78. The highest BCUT2D eigenvalue weighted by Crippen LogP contribution is 2.25. The molecule has 0 spiro atoms. The minimum atomic E-state index is -0.398. The first-order chi connectivity index (χ1) is 15.3. The van der Waals surface area contributed by atoms with Gasteiger partial charge >= 0.3 is 0 Å². The number of aromatic nitrogens is 1. The van der Waals surface area contributed by atoms with Crippen molar-refractivity contribution in [2.75, 3.05) is 37.6 Å². The van der Waals surface area contributed by atoms with Crippen molar-refractivity contribution >= 4 is 51.7 Å². The number of carbonyl (C=O) groups is 2. The van der Waals surface area contributed by atoms with Gasteiger partial charge in [0.25, 0.3) is 5.91 Å². The second-order valence-corrected chi connectivity index (χ2v) is 8.79. The summed E-state index contributed by atoms with van der Waals surface area (Å²) in [4.78, 5) is 33.8. The van der Waals surface area contributed by atoms with Gasteiger partial charge in [0.15, 0.2) is 0 Å². The quantitative estimate of drug-likeness (QED) is 0.619. The molecule has 4 rings (SSSR count). The van der Waals surface area contributed by atoms with Crippen LogP contribution in [-0.2, 0) is 4.79 Å². The monoisotopic (exact) mass is 470 g/mol. The Bertz CT molecular complexity index is 1190. The van der Waals surface area contributed by atoms with Crippen molar-refractivity contribution < 1.29 is 9.59 Å². The summed E-state index contributed by atoms with van der Waals surface area (Å²) in [5.74, 6) is 0.411. The number of fused-ring (bicyclic) bond motifs is 1. The van der Waals surface area contributed by atoms with Crippen molar-refractivity contribution in [3.8, 4) is 0 Å². The normalized spacial score (nSPS) is 14.0. The van der Waals surface area contributed by atoms with Crippen molar-refractivity contribution in [1.29, 1.82) is 0 Å². The summed E-state index contributed by atoms with van der Waals surface area (Å²) in [5, 5.41) is 4.52. The second kappa shape index (κ2) is 9.35. The molecule has 1 saturated heterocycles. The predicted octanol–water partition coefficient (Wildman–Crippen LogP) is 4.24. The SMILES string of the molecule is Cc1cc(N2CCN(C(=O)CNC(=O)c3ccc(Cl)cc3Cl)CC2)nc2c(C)cccc12. The van der Waals surface area contributed by atoms with Crippen LogP contribution in [0.15, 0.2) is 42.5 Å². The first-order valence-corrected chi connectivity index (χ1v) is 11.2. The zero-order valence-electron chi connectivity index (χ0n) is 18.0.